The molecule has 2 bridgehead atoms. The SMILES string of the molecule is COc1ccc(C2OC(C(=O)O[C@H]3C[C@@]4(O)[C@@H](OC(=O)c5ccccc5)C5[C@](C)(C(=O)C(OC(=O)CCl)C(=C3C)C4(C)C)[C@@H](OC(=O)CCl)C[C@H]3OC[C@@]53OC(C)=O)C(c3ccccc3)N2C(=O)OCC[Si](C)(C)C)cc1. The van der Waals surface area contributed by atoms with Crippen molar-refractivity contribution in [3.05, 3.63) is 113 Å². The number of amides is 1. The number of halogens is 2. The van der Waals surface area contributed by atoms with E-state index < -0.39 is 145 Å². The van der Waals surface area contributed by atoms with E-state index in [1.54, 1.807) is 93.6 Å². The molecule has 3 aromatic carbocycles. The van der Waals surface area contributed by atoms with Crippen LogP contribution in [0.25, 0.3) is 0 Å². The molecule has 3 aromatic rings. The lowest BCUT2D eigenvalue weighted by atomic mass is 9.44. The van der Waals surface area contributed by atoms with Gasteiger partial charge in [0, 0.05) is 38.8 Å². The van der Waals surface area contributed by atoms with Crippen LogP contribution in [0, 0.1) is 16.7 Å². The van der Waals surface area contributed by atoms with E-state index in [0.29, 0.717) is 22.9 Å². The average Bonchev–Trinajstić information content (AvgIpc) is 3.83. The molecule has 21 heteroatoms. The van der Waals surface area contributed by atoms with Gasteiger partial charge in [-0.05, 0) is 60.9 Å². The summed E-state index contributed by atoms with van der Waals surface area (Å²) in [6.45, 7) is 13.4. The quantitative estimate of drug-likeness (QED) is 0.0503. The monoisotopic (exact) mass is 1120 g/mol. The minimum absolute atomic E-state index is 0.0350. The second kappa shape index (κ2) is 22.1. The molecule has 4 fully saturated rings. The van der Waals surface area contributed by atoms with Gasteiger partial charge in [0.15, 0.2) is 29.8 Å². The first kappa shape index (κ1) is 57.3. The predicted molar refractivity (Wildman–Crippen MR) is 279 cm³/mol. The van der Waals surface area contributed by atoms with Crippen molar-refractivity contribution in [2.75, 3.05) is 32.1 Å². The van der Waals surface area contributed by atoms with Crippen LogP contribution in [0.1, 0.15) is 81.2 Å². The zero-order valence-electron chi connectivity index (χ0n) is 44.4. The van der Waals surface area contributed by atoms with Gasteiger partial charge in [-0.15, -0.1) is 23.2 Å². The summed E-state index contributed by atoms with van der Waals surface area (Å²) in [5.41, 5.74) is -7.23. The Bertz CT molecular complexity index is 2790. The number of carbonyl (C=O) groups is 7. The molecular formula is C56H65Cl2NO17Si. The second-order valence-electron chi connectivity index (χ2n) is 22.2. The number of fused-ring (bicyclic) bond motifs is 5. The highest BCUT2D eigenvalue weighted by Crippen LogP contribution is 2.65. The highest BCUT2D eigenvalue weighted by Gasteiger charge is 2.79. The van der Waals surface area contributed by atoms with Crippen molar-refractivity contribution >= 4 is 73.0 Å². The Morgan fingerprint density at radius 3 is 2.03 bits per heavy atom. The molecule has 5 aliphatic rings. The molecule has 77 heavy (non-hydrogen) atoms. The summed E-state index contributed by atoms with van der Waals surface area (Å²) in [5.74, 6) is -8.27. The summed E-state index contributed by atoms with van der Waals surface area (Å²) < 4.78 is 55.6. The van der Waals surface area contributed by atoms with Crippen LogP contribution < -0.4 is 4.74 Å². The Kier molecular flexibility index (Phi) is 16.5. The van der Waals surface area contributed by atoms with Crippen molar-refractivity contribution in [2.45, 2.75) is 133 Å². The van der Waals surface area contributed by atoms with Crippen LogP contribution in [0.5, 0.6) is 5.75 Å². The van der Waals surface area contributed by atoms with Gasteiger partial charge in [0.25, 0.3) is 0 Å². The third-order valence-corrected chi connectivity index (χ3v) is 18.2. The number of nitrogens with zero attached hydrogens (tertiary/aromatic N) is 1. The van der Waals surface area contributed by atoms with Crippen LogP contribution in [-0.2, 0) is 61.9 Å². The molecule has 1 amide bonds. The molecule has 0 aromatic heterocycles. The summed E-state index contributed by atoms with van der Waals surface area (Å²) in [5, 5.41) is 14.2. The molecule has 0 radical (unpaired) electrons. The molecule has 2 saturated heterocycles. The van der Waals surface area contributed by atoms with Crippen molar-refractivity contribution in [3.8, 4) is 5.75 Å². The maximum absolute atomic E-state index is 16.2. The van der Waals surface area contributed by atoms with Crippen LogP contribution >= 0.6 is 23.2 Å². The number of rotatable bonds is 15. The van der Waals surface area contributed by atoms with Crippen LogP contribution in [-0.4, -0.2) is 140 Å². The normalized spacial score (nSPS) is 31.2. The summed E-state index contributed by atoms with van der Waals surface area (Å²) in [4.78, 5) is 103. The standard InChI is InChI=1S/C56H65Cl2NO17Si/c1-31-37(71-51(65)45-43(33-16-12-10-13-17-33)59(52(66)69-24-25-77(7,8)9)49(74-45)34-20-22-36(68-6)23-21-34)27-56(67)48(75-50(64)35-18-14-11-15-19-35)46-54(5,47(63)44(73-41(62)29-58)42(31)53(56,3)4)38(72-40(61)28-57)26-39-55(46,30-70-39)76-32(2)60/h10-23,37-39,43-46,48-49,67H,24-30H2,1-9H3/t37-,38-,39+,43?,44?,45?,46?,48-,49?,54+,55-,56+/m0/s1. The maximum Gasteiger partial charge on any atom is 0.412 e. The van der Waals surface area contributed by atoms with Crippen LogP contribution in [0.4, 0.5) is 4.79 Å². The first-order chi connectivity index (χ1) is 36.4. The third-order valence-electron chi connectivity index (χ3n) is 16.0. The van der Waals surface area contributed by atoms with Gasteiger partial charge >= 0.3 is 35.9 Å². The van der Waals surface area contributed by atoms with Crippen molar-refractivity contribution in [3.63, 3.8) is 0 Å². The Morgan fingerprint density at radius 1 is 0.831 bits per heavy atom. The van der Waals surface area contributed by atoms with Crippen LogP contribution in [0.3, 0.4) is 0 Å². The first-order valence-corrected chi connectivity index (χ1v) is 30.2. The van der Waals surface area contributed by atoms with Gasteiger partial charge < -0.3 is 47.7 Å². The molecule has 1 N–H and O–H groups in total. The molecule has 8 rings (SSSR count). The van der Waals surface area contributed by atoms with Crippen LogP contribution in [0.2, 0.25) is 25.7 Å². The van der Waals surface area contributed by atoms with E-state index in [0.717, 1.165) is 6.92 Å². The third kappa shape index (κ3) is 10.5. The zero-order chi connectivity index (χ0) is 56.0. The smallest absolute Gasteiger partial charge is 0.412 e. The fourth-order valence-corrected chi connectivity index (χ4v) is 12.9. The number of carbonyl (C=O) groups excluding carboxylic acids is 7. The minimum Gasteiger partial charge on any atom is -0.497 e. The Balaban J connectivity index is 1.32. The lowest BCUT2D eigenvalue weighted by Crippen LogP contribution is -2.82. The number of ether oxygens (including phenoxy) is 9. The van der Waals surface area contributed by atoms with Gasteiger partial charge in [-0.2, -0.15) is 0 Å². The molecule has 414 valence electrons. The molecule has 0 spiro atoms. The number of alkyl halides is 2. The van der Waals surface area contributed by atoms with Gasteiger partial charge in [0.05, 0.1) is 37.2 Å². The van der Waals surface area contributed by atoms with E-state index >= 15 is 9.59 Å². The molecule has 12 atom stereocenters. The molecular weight excluding hydrogens is 1060 g/mol. The van der Waals surface area contributed by atoms with Crippen molar-refractivity contribution in [1.29, 1.82) is 0 Å². The molecule has 2 heterocycles. The molecule has 2 saturated carbocycles. The number of esters is 5. The number of hydrogen-bond donors (Lipinski definition) is 1. The molecule has 3 aliphatic carbocycles. The van der Waals surface area contributed by atoms with Crippen molar-refractivity contribution in [1.82, 2.24) is 4.90 Å². The van der Waals surface area contributed by atoms with E-state index in [4.69, 9.17) is 65.8 Å². The van der Waals surface area contributed by atoms with Gasteiger partial charge in [-0.3, -0.25) is 24.1 Å². The van der Waals surface area contributed by atoms with E-state index in [1.165, 1.54) is 31.1 Å². The molecule has 2 aliphatic heterocycles. The number of methoxy groups -OCH3 is 1. The number of ketones is 1. The zero-order valence-corrected chi connectivity index (χ0v) is 46.9. The van der Waals surface area contributed by atoms with E-state index in [9.17, 15) is 29.1 Å². The highest BCUT2D eigenvalue weighted by molar-refractivity contribution is 6.76. The Hall–Kier alpha value is -5.83. The number of benzene rings is 3. The fraction of sp³-hybridized carbons (Fsp3) is 0.518. The maximum atomic E-state index is 16.2. The van der Waals surface area contributed by atoms with E-state index in [-0.39, 0.29) is 36.3 Å². The Morgan fingerprint density at radius 2 is 1.45 bits per heavy atom. The van der Waals surface area contributed by atoms with Gasteiger partial charge in [0.2, 0.25) is 0 Å². The molecule has 5 unspecified atom stereocenters. The van der Waals surface area contributed by atoms with E-state index in [1.807, 2.05) is 0 Å². The van der Waals surface area contributed by atoms with Gasteiger partial charge in [-0.25, -0.2) is 14.4 Å². The summed E-state index contributed by atoms with van der Waals surface area (Å²) in [6, 6.07) is 22.8. The van der Waals surface area contributed by atoms with Crippen molar-refractivity contribution < 1.29 is 81.3 Å². The van der Waals surface area contributed by atoms with Gasteiger partial charge in [0.1, 0.15) is 53.6 Å². The lowest BCUT2D eigenvalue weighted by Gasteiger charge is -2.67. The average molecular weight is 1120 g/mol. The van der Waals surface area contributed by atoms with Gasteiger partial charge in [-0.1, -0.05) is 94.2 Å². The lowest BCUT2D eigenvalue weighted by molar-refractivity contribution is -0.346. The first-order valence-electron chi connectivity index (χ1n) is 25.4. The highest BCUT2D eigenvalue weighted by atomic mass is 35.5. The minimum atomic E-state index is -2.49. The summed E-state index contributed by atoms with van der Waals surface area (Å²) >= 11 is 12.1. The fourth-order valence-electron chi connectivity index (χ4n) is 12.0. The molecule has 18 nitrogen and oxygen atoms in total. The number of aliphatic hydroxyl groups is 1. The number of hydrogen-bond acceptors (Lipinski definition) is 17. The van der Waals surface area contributed by atoms with E-state index in [2.05, 4.69) is 19.6 Å². The Labute approximate surface area is 457 Å². The number of Topliss-reactive ketones (excluding diaryl/α,β-unsaturated/α-hetero) is 1. The summed E-state index contributed by atoms with van der Waals surface area (Å²) in [7, 11) is -0.192. The van der Waals surface area contributed by atoms with Crippen molar-refractivity contribution in [2.24, 2.45) is 16.7 Å². The van der Waals surface area contributed by atoms with Crippen LogP contribution in [0.15, 0.2) is 96.1 Å². The summed E-state index contributed by atoms with van der Waals surface area (Å²) in [6.07, 6.45) is -12.4. The second-order valence-corrected chi connectivity index (χ2v) is 28.3. The predicted octanol–water partition coefficient (Wildman–Crippen LogP) is 7.84. The largest absolute Gasteiger partial charge is 0.497 e. The topological polar surface area (TPSA) is 226 Å².